The van der Waals surface area contributed by atoms with Gasteiger partial charge in [0.25, 0.3) is 0 Å². The molecule has 0 heterocycles. The number of amides is 1. The number of hydrogen-bond acceptors (Lipinski definition) is 1. The first kappa shape index (κ1) is 14.1. The number of alkyl halides is 1. The number of benzene rings is 1. The van der Waals surface area contributed by atoms with Gasteiger partial charge in [-0.25, -0.2) is 0 Å². The molecule has 0 aromatic heterocycles. The van der Waals surface area contributed by atoms with Crippen LogP contribution < -0.4 is 5.32 Å². The van der Waals surface area contributed by atoms with Gasteiger partial charge < -0.3 is 5.32 Å². The summed E-state index contributed by atoms with van der Waals surface area (Å²) in [5.74, 6) is 1.82. The van der Waals surface area contributed by atoms with Crippen LogP contribution in [0.2, 0.25) is 0 Å². The minimum Gasteiger partial charge on any atom is -0.356 e. The van der Waals surface area contributed by atoms with Crippen LogP contribution in [0.1, 0.15) is 30.4 Å². The second-order valence-corrected chi connectivity index (χ2v) is 6.87. The van der Waals surface area contributed by atoms with Crippen LogP contribution in [-0.4, -0.2) is 17.8 Å². The molecule has 20 heavy (non-hydrogen) atoms. The molecule has 3 heteroatoms. The summed E-state index contributed by atoms with van der Waals surface area (Å²) in [5.41, 5.74) is 2.71. The van der Waals surface area contributed by atoms with Gasteiger partial charge in [0, 0.05) is 17.8 Å². The number of rotatable bonds is 4. The van der Waals surface area contributed by atoms with Gasteiger partial charge in [0.05, 0.1) is 0 Å². The van der Waals surface area contributed by atoms with Gasteiger partial charge in [-0.1, -0.05) is 46.6 Å². The van der Waals surface area contributed by atoms with Crippen molar-refractivity contribution in [1.82, 2.24) is 5.32 Å². The van der Waals surface area contributed by atoms with Gasteiger partial charge in [-0.3, -0.25) is 4.79 Å². The Hall–Kier alpha value is -0.830. The highest BCUT2D eigenvalue weighted by Gasteiger charge is 2.30. The topological polar surface area (TPSA) is 29.1 Å². The first-order valence-electron chi connectivity index (χ1n) is 7.68. The molecule has 1 fully saturated rings. The summed E-state index contributed by atoms with van der Waals surface area (Å²) in [5, 5.41) is 4.28. The first-order chi connectivity index (χ1) is 9.78. The van der Waals surface area contributed by atoms with Crippen molar-refractivity contribution < 1.29 is 4.79 Å². The monoisotopic (exact) mass is 335 g/mol. The number of nitrogens with one attached hydrogen (secondary N) is 1. The first-order valence-corrected chi connectivity index (χ1v) is 8.80. The van der Waals surface area contributed by atoms with E-state index in [0.29, 0.717) is 5.92 Å². The lowest BCUT2D eigenvalue weighted by atomic mass is 9.97. The quantitative estimate of drug-likeness (QED) is 0.840. The van der Waals surface area contributed by atoms with Crippen molar-refractivity contribution >= 4 is 21.8 Å². The molecule has 2 unspecified atom stereocenters. The highest BCUT2D eigenvalue weighted by atomic mass is 79.9. The summed E-state index contributed by atoms with van der Waals surface area (Å²) < 4.78 is 0. The molecule has 3 rings (SSSR count). The van der Waals surface area contributed by atoms with Gasteiger partial charge in [-0.2, -0.15) is 0 Å². The minimum atomic E-state index is 0.149. The van der Waals surface area contributed by atoms with Crippen LogP contribution in [0.4, 0.5) is 0 Å². The van der Waals surface area contributed by atoms with Crippen LogP contribution >= 0.6 is 15.9 Å². The van der Waals surface area contributed by atoms with E-state index in [1.54, 1.807) is 0 Å². The van der Waals surface area contributed by atoms with E-state index in [-0.39, 0.29) is 11.8 Å². The van der Waals surface area contributed by atoms with Crippen molar-refractivity contribution in [1.29, 1.82) is 0 Å². The van der Waals surface area contributed by atoms with Crippen molar-refractivity contribution in [2.24, 2.45) is 17.8 Å². The molecule has 0 saturated heterocycles. The number of halogens is 1. The van der Waals surface area contributed by atoms with E-state index in [0.717, 1.165) is 30.6 Å². The van der Waals surface area contributed by atoms with E-state index in [2.05, 4.69) is 45.5 Å². The average Bonchev–Trinajstić information content (AvgIpc) is 3.10. The zero-order valence-corrected chi connectivity index (χ0v) is 13.4. The molecule has 2 aliphatic rings. The summed E-state index contributed by atoms with van der Waals surface area (Å²) in [6, 6.07) is 8.44. The Balaban J connectivity index is 1.51. The third kappa shape index (κ3) is 2.93. The lowest BCUT2D eigenvalue weighted by Gasteiger charge is -2.19. The molecule has 1 saturated carbocycles. The molecule has 0 bridgehead atoms. The number of carbonyl (C=O) groups is 1. The summed E-state index contributed by atoms with van der Waals surface area (Å²) in [7, 11) is 0. The Labute approximate surface area is 129 Å². The van der Waals surface area contributed by atoms with E-state index >= 15 is 0 Å². The Kier molecular flexibility index (Phi) is 4.45. The van der Waals surface area contributed by atoms with Crippen LogP contribution in [0.3, 0.4) is 0 Å². The van der Waals surface area contributed by atoms with Crippen molar-refractivity contribution in [3.05, 3.63) is 35.4 Å². The second-order valence-electron chi connectivity index (χ2n) is 6.22. The van der Waals surface area contributed by atoms with Gasteiger partial charge >= 0.3 is 0 Å². The Morgan fingerprint density at radius 3 is 2.45 bits per heavy atom. The summed E-state index contributed by atoms with van der Waals surface area (Å²) in [6.45, 7) is 0.863. The zero-order chi connectivity index (χ0) is 13.9. The average molecular weight is 336 g/mol. The van der Waals surface area contributed by atoms with Gasteiger partial charge in [-0.15, -0.1) is 0 Å². The van der Waals surface area contributed by atoms with Gasteiger partial charge in [0.1, 0.15) is 0 Å². The molecule has 1 N–H and O–H groups in total. The molecule has 0 radical (unpaired) electrons. The predicted octanol–water partition coefficient (Wildman–Crippen LogP) is 3.33. The smallest absolute Gasteiger partial charge is 0.223 e. The highest BCUT2D eigenvalue weighted by molar-refractivity contribution is 9.09. The van der Waals surface area contributed by atoms with Crippen molar-refractivity contribution in [3.63, 3.8) is 0 Å². The maximum absolute atomic E-state index is 12.3. The molecular weight excluding hydrogens is 314 g/mol. The third-order valence-corrected chi connectivity index (χ3v) is 5.81. The molecular formula is C17H22BrNO. The van der Waals surface area contributed by atoms with E-state index in [4.69, 9.17) is 0 Å². The molecule has 0 spiro atoms. The van der Waals surface area contributed by atoms with E-state index in [1.807, 2.05) is 0 Å². The van der Waals surface area contributed by atoms with Crippen molar-refractivity contribution in [2.45, 2.75) is 32.1 Å². The zero-order valence-electron chi connectivity index (χ0n) is 11.8. The predicted molar refractivity (Wildman–Crippen MR) is 85.0 cm³/mol. The lowest BCUT2D eigenvalue weighted by molar-refractivity contribution is -0.124. The van der Waals surface area contributed by atoms with E-state index in [1.165, 1.54) is 30.4 Å². The number of hydrogen-bond donors (Lipinski definition) is 1. The molecule has 2 atom stereocenters. The Bertz CT molecular complexity index is 463. The van der Waals surface area contributed by atoms with E-state index < -0.39 is 0 Å². The maximum Gasteiger partial charge on any atom is 0.223 e. The van der Waals surface area contributed by atoms with Crippen LogP contribution in [0.25, 0.3) is 0 Å². The minimum absolute atomic E-state index is 0.149. The normalized spacial score (nSPS) is 25.6. The highest BCUT2D eigenvalue weighted by Crippen LogP contribution is 2.32. The van der Waals surface area contributed by atoms with Crippen LogP contribution in [0.5, 0.6) is 0 Å². The molecule has 2 nitrogen and oxygen atoms in total. The summed E-state index contributed by atoms with van der Waals surface area (Å²) in [6.07, 6.45) is 5.71. The largest absolute Gasteiger partial charge is 0.356 e. The molecule has 1 aromatic rings. The molecule has 108 valence electrons. The van der Waals surface area contributed by atoms with Crippen LogP contribution in [-0.2, 0) is 17.6 Å². The summed E-state index contributed by atoms with van der Waals surface area (Å²) in [4.78, 5) is 12.3. The van der Waals surface area contributed by atoms with Crippen molar-refractivity contribution in [2.75, 3.05) is 11.9 Å². The number of carbonyl (C=O) groups excluding carboxylic acids is 1. The molecule has 0 aliphatic heterocycles. The molecule has 1 aromatic carbocycles. The fourth-order valence-electron chi connectivity index (χ4n) is 3.71. The number of fused-ring (bicyclic) bond motifs is 1. The summed E-state index contributed by atoms with van der Waals surface area (Å²) >= 11 is 3.60. The lowest BCUT2D eigenvalue weighted by Crippen LogP contribution is -2.36. The third-order valence-electron chi connectivity index (χ3n) is 4.97. The Morgan fingerprint density at radius 1 is 1.15 bits per heavy atom. The van der Waals surface area contributed by atoms with Gasteiger partial charge in [0.2, 0.25) is 5.91 Å². The molecule has 1 amide bonds. The Morgan fingerprint density at radius 2 is 1.80 bits per heavy atom. The van der Waals surface area contributed by atoms with Crippen LogP contribution in [0.15, 0.2) is 24.3 Å². The molecule has 2 aliphatic carbocycles. The van der Waals surface area contributed by atoms with Gasteiger partial charge in [0.15, 0.2) is 0 Å². The van der Waals surface area contributed by atoms with Crippen molar-refractivity contribution in [3.8, 4) is 0 Å². The SMILES string of the molecule is O=C(NCC1CCCC1CBr)C1Cc2ccccc2C1. The van der Waals surface area contributed by atoms with E-state index in [9.17, 15) is 4.79 Å². The second kappa shape index (κ2) is 6.30. The fraction of sp³-hybridized carbons (Fsp3) is 0.588. The standard InChI is InChI=1S/C17H22BrNO/c18-10-14-6-3-7-15(14)11-19-17(20)16-8-12-4-1-2-5-13(12)9-16/h1-2,4-5,14-16H,3,6-11H2,(H,19,20). The maximum atomic E-state index is 12.3. The van der Waals surface area contributed by atoms with Crippen LogP contribution in [0, 0.1) is 17.8 Å². The fourth-order valence-corrected chi connectivity index (χ4v) is 4.56. The van der Waals surface area contributed by atoms with Gasteiger partial charge in [-0.05, 0) is 48.6 Å².